The predicted molar refractivity (Wildman–Crippen MR) is 53.4 cm³/mol. The van der Waals surface area contributed by atoms with Crippen LogP contribution in [0.1, 0.15) is 34.6 Å². The van der Waals surface area contributed by atoms with Gasteiger partial charge < -0.3 is 14.6 Å². The van der Waals surface area contributed by atoms with Crippen molar-refractivity contribution in [3.05, 3.63) is 0 Å². The molecule has 0 aromatic rings. The molecule has 0 aliphatic carbocycles. The lowest BCUT2D eigenvalue weighted by molar-refractivity contribution is -0.137. The molecule has 0 aliphatic heterocycles. The highest BCUT2D eigenvalue weighted by atomic mass is 16.7. The maximum Gasteiger partial charge on any atom is 0.516 e. The molecule has 0 heterocycles. The van der Waals surface area contributed by atoms with E-state index in [0.717, 1.165) is 13.8 Å². The third-order valence-corrected chi connectivity index (χ3v) is 0.651. The van der Waals surface area contributed by atoms with E-state index >= 15 is 0 Å². The fourth-order valence-corrected chi connectivity index (χ4v) is 0.332. The van der Waals surface area contributed by atoms with E-state index in [2.05, 4.69) is 9.47 Å². The third kappa shape index (κ3) is 32.7. The second-order valence-corrected chi connectivity index (χ2v) is 2.21. The molecule has 0 saturated carbocycles. The Balaban J connectivity index is -0.000000249. The van der Waals surface area contributed by atoms with Crippen LogP contribution < -0.4 is 0 Å². The molecular weight excluding hydrogens is 204 g/mol. The van der Waals surface area contributed by atoms with Gasteiger partial charge in [-0.15, -0.1) is 0 Å². The number of carboxylic acid groups (broad SMARTS) is 1. The Morgan fingerprint density at radius 3 is 1.87 bits per heavy atom. The molecule has 15 heavy (non-hydrogen) atoms. The molecule has 0 fully saturated rings. The molecule has 0 radical (unpaired) electrons. The van der Waals surface area contributed by atoms with Gasteiger partial charge >= 0.3 is 12.1 Å². The molecule has 0 spiro atoms. The van der Waals surface area contributed by atoms with Gasteiger partial charge in [0.1, 0.15) is 0 Å². The number of ether oxygens (including phenoxy) is 2. The van der Waals surface area contributed by atoms with Gasteiger partial charge in [-0.3, -0.25) is 9.59 Å². The summed E-state index contributed by atoms with van der Waals surface area (Å²) in [5, 5.41) is 7.42. The Bertz CT molecular complexity index is 195. The van der Waals surface area contributed by atoms with E-state index in [1.807, 2.05) is 6.92 Å². The van der Waals surface area contributed by atoms with E-state index in [9.17, 15) is 9.59 Å². The van der Waals surface area contributed by atoms with Crippen LogP contribution in [0.3, 0.4) is 0 Å². The molecule has 0 unspecified atom stereocenters. The Kier molecular flexibility index (Phi) is 15.8. The van der Waals surface area contributed by atoms with Crippen LogP contribution in [0, 0.1) is 0 Å². The number of aliphatic carboxylic acids is 1. The minimum atomic E-state index is -0.922. The standard InChI is InChI=1S/C6H10O4.C2H4O2.CH4/c1-3-4-9-6(8)10-5(2)7;1-2(3)4;/h3-4H2,1-2H3;1H3,(H,3,4);1H4. The number of hydrogen-bond donors (Lipinski definition) is 1. The summed E-state index contributed by atoms with van der Waals surface area (Å²) >= 11 is 0. The van der Waals surface area contributed by atoms with Crippen LogP contribution in [0.5, 0.6) is 0 Å². The summed E-state index contributed by atoms with van der Waals surface area (Å²) in [5.74, 6) is -1.49. The first-order chi connectivity index (χ1) is 6.40. The van der Waals surface area contributed by atoms with Gasteiger partial charge in [0.05, 0.1) is 6.61 Å². The maximum atomic E-state index is 10.3. The fraction of sp³-hybridized carbons (Fsp3) is 0.667. The summed E-state index contributed by atoms with van der Waals surface area (Å²) in [4.78, 5) is 29.4. The van der Waals surface area contributed by atoms with Crippen LogP contribution in [0.25, 0.3) is 0 Å². The van der Waals surface area contributed by atoms with Gasteiger partial charge in [0.2, 0.25) is 0 Å². The van der Waals surface area contributed by atoms with Crippen molar-refractivity contribution in [1.29, 1.82) is 0 Å². The SMILES string of the molecule is C.CC(=O)O.CCCOC(=O)OC(C)=O. The van der Waals surface area contributed by atoms with Crippen molar-refractivity contribution in [2.75, 3.05) is 6.61 Å². The first-order valence-corrected chi connectivity index (χ1v) is 3.94. The number of hydrogen-bond acceptors (Lipinski definition) is 5. The number of carbonyl (C=O) groups is 3. The normalized spacial score (nSPS) is 7.40. The fourth-order valence-electron chi connectivity index (χ4n) is 0.332. The van der Waals surface area contributed by atoms with Gasteiger partial charge in [0.15, 0.2) is 0 Å². The molecule has 6 heteroatoms. The second kappa shape index (κ2) is 12.4. The molecule has 1 N–H and O–H groups in total. The monoisotopic (exact) mass is 222 g/mol. The number of rotatable bonds is 2. The molecule has 6 nitrogen and oxygen atoms in total. The summed E-state index contributed by atoms with van der Waals surface area (Å²) in [6.07, 6.45) is -0.207. The third-order valence-electron chi connectivity index (χ3n) is 0.651. The molecule has 0 bridgehead atoms. The largest absolute Gasteiger partial charge is 0.516 e. The highest BCUT2D eigenvalue weighted by Crippen LogP contribution is 1.87. The average molecular weight is 222 g/mol. The first-order valence-electron chi connectivity index (χ1n) is 3.94. The quantitative estimate of drug-likeness (QED) is 0.566. The summed E-state index contributed by atoms with van der Waals surface area (Å²) in [6, 6.07) is 0. The van der Waals surface area contributed by atoms with E-state index in [-0.39, 0.29) is 14.0 Å². The van der Waals surface area contributed by atoms with Gasteiger partial charge in [-0.25, -0.2) is 4.79 Å². The van der Waals surface area contributed by atoms with Crippen molar-refractivity contribution in [2.45, 2.75) is 34.6 Å². The number of carboxylic acids is 1. The van der Waals surface area contributed by atoms with E-state index in [0.29, 0.717) is 6.42 Å². The average Bonchev–Trinajstić information content (AvgIpc) is 1.98. The molecular formula is C9H18O6. The molecule has 0 amide bonds. The van der Waals surface area contributed by atoms with Crippen LogP contribution in [0.4, 0.5) is 4.79 Å². The first kappa shape index (κ1) is 19.1. The molecule has 0 saturated heterocycles. The van der Waals surface area contributed by atoms with Gasteiger partial charge in [0, 0.05) is 13.8 Å². The molecule has 90 valence electrons. The van der Waals surface area contributed by atoms with Crippen molar-refractivity contribution in [3.63, 3.8) is 0 Å². The minimum absolute atomic E-state index is 0. The van der Waals surface area contributed by atoms with Crippen LogP contribution in [-0.4, -0.2) is 29.8 Å². The highest BCUT2D eigenvalue weighted by Gasteiger charge is 2.04. The zero-order valence-electron chi connectivity index (χ0n) is 8.40. The number of carbonyl (C=O) groups excluding carboxylic acids is 2. The van der Waals surface area contributed by atoms with Gasteiger partial charge in [0.25, 0.3) is 5.97 Å². The molecule has 0 atom stereocenters. The van der Waals surface area contributed by atoms with Crippen molar-refractivity contribution < 1.29 is 29.0 Å². The van der Waals surface area contributed by atoms with Crippen molar-refractivity contribution in [3.8, 4) is 0 Å². The number of esters is 1. The Labute approximate surface area is 89.2 Å². The summed E-state index contributed by atoms with van der Waals surface area (Å²) in [7, 11) is 0. The predicted octanol–water partition coefficient (Wildman–Crippen LogP) is 1.82. The van der Waals surface area contributed by atoms with E-state index in [1.54, 1.807) is 0 Å². The summed E-state index contributed by atoms with van der Waals surface area (Å²) < 4.78 is 8.47. The smallest absolute Gasteiger partial charge is 0.481 e. The van der Waals surface area contributed by atoms with Crippen LogP contribution in [-0.2, 0) is 19.1 Å². The van der Waals surface area contributed by atoms with Crippen LogP contribution in [0.15, 0.2) is 0 Å². The molecule has 0 aliphatic rings. The van der Waals surface area contributed by atoms with Gasteiger partial charge in [-0.05, 0) is 6.42 Å². The lowest BCUT2D eigenvalue weighted by Gasteiger charge is -1.99. The van der Waals surface area contributed by atoms with E-state index in [4.69, 9.17) is 9.90 Å². The Morgan fingerprint density at radius 1 is 1.20 bits per heavy atom. The summed E-state index contributed by atoms with van der Waals surface area (Å²) in [5.41, 5.74) is 0. The molecule has 0 rings (SSSR count). The van der Waals surface area contributed by atoms with Gasteiger partial charge in [-0.2, -0.15) is 0 Å². The van der Waals surface area contributed by atoms with Gasteiger partial charge in [-0.1, -0.05) is 14.4 Å². The zero-order chi connectivity index (χ0) is 11.6. The topological polar surface area (TPSA) is 89.9 Å². The van der Waals surface area contributed by atoms with Crippen molar-refractivity contribution >= 4 is 18.1 Å². The Morgan fingerprint density at radius 2 is 1.60 bits per heavy atom. The maximum absolute atomic E-state index is 10.3. The minimum Gasteiger partial charge on any atom is -0.481 e. The molecule has 0 aromatic carbocycles. The Hall–Kier alpha value is -1.59. The zero-order valence-corrected chi connectivity index (χ0v) is 8.40. The van der Waals surface area contributed by atoms with Crippen molar-refractivity contribution in [1.82, 2.24) is 0 Å². The van der Waals surface area contributed by atoms with Crippen LogP contribution in [0.2, 0.25) is 0 Å². The van der Waals surface area contributed by atoms with E-state index in [1.165, 1.54) is 0 Å². The molecule has 0 aromatic heterocycles. The van der Waals surface area contributed by atoms with E-state index < -0.39 is 18.1 Å². The summed E-state index contributed by atoms with van der Waals surface area (Å²) in [6.45, 7) is 4.36. The lowest BCUT2D eigenvalue weighted by Crippen LogP contribution is -2.11. The van der Waals surface area contributed by atoms with Crippen molar-refractivity contribution in [2.24, 2.45) is 0 Å². The highest BCUT2D eigenvalue weighted by molar-refractivity contribution is 5.79. The lowest BCUT2D eigenvalue weighted by atomic mass is 10.5. The second-order valence-electron chi connectivity index (χ2n) is 2.21. The van der Waals surface area contributed by atoms with Crippen LogP contribution >= 0.6 is 0 Å².